The molecule has 0 amide bonds. The number of sulfonamides is 1. The predicted molar refractivity (Wildman–Crippen MR) is 102 cm³/mol. The summed E-state index contributed by atoms with van der Waals surface area (Å²) >= 11 is 0. The molecular weight excluding hydrogens is 336 g/mol. The first kappa shape index (κ1) is 17.9. The highest BCUT2D eigenvalue weighted by molar-refractivity contribution is 7.88. The van der Waals surface area contributed by atoms with Crippen LogP contribution in [0.4, 0.5) is 0 Å². The number of fused-ring (bicyclic) bond motifs is 3. The summed E-state index contributed by atoms with van der Waals surface area (Å²) in [6.07, 6.45) is 5.95. The van der Waals surface area contributed by atoms with E-state index in [9.17, 15) is 8.42 Å². The Kier molecular flexibility index (Phi) is 4.82. The van der Waals surface area contributed by atoms with Gasteiger partial charge in [-0.25, -0.2) is 8.42 Å². The van der Waals surface area contributed by atoms with Gasteiger partial charge in [0, 0.05) is 23.3 Å². The Morgan fingerprint density at radius 2 is 2.04 bits per heavy atom. The van der Waals surface area contributed by atoms with E-state index in [1.807, 2.05) is 19.1 Å². The van der Waals surface area contributed by atoms with E-state index < -0.39 is 10.0 Å². The van der Waals surface area contributed by atoms with Crippen molar-refractivity contribution in [1.82, 2.24) is 9.29 Å². The van der Waals surface area contributed by atoms with E-state index in [0.717, 1.165) is 52.0 Å². The molecule has 0 saturated carbocycles. The van der Waals surface area contributed by atoms with Crippen molar-refractivity contribution in [3.05, 3.63) is 34.7 Å². The maximum Gasteiger partial charge on any atom is 0.231 e. The van der Waals surface area contributed by atoms with Crippen molar-refractivity contribution in [3.8, 4) is 5.75 Å². The standard InChI is InChI=1S/C19H26N2O3S/c1-5-6-11-24-17-8-7-13(2)19-18(17)15-9-10-21(25(4,22)23)14(3)12-16(15)20-19/h7-8,12,20H,5-6,9-11H2,1-4H3. The third-order valence-electron chi connectivity index (χ3n) is 4.73. The van der Waals surface area contributed by atoms with Crippen molar-refractivity contribution in [2.75, 3.05) is 19.4 Å². The second kappa shape index (κ2) is 6.75. The molecule has 0 aliphatic carbocycles. The summed E-state index contributed by atoms with van der Waals surface area (Å²) in [6.45, 7) is 7.20. The second-order valence-electron chi connectivity index (χ2n) is 6.72. The Labute approximate surface area is 149 Å². The summed E-state index contributed by atoms with van der Waals surface area (Å²) < 4.78 is 31.6. The number of aryl methyl sites for hydroxylation is 1. The van der Waals surface area contributed by atoms with E-state index in [-0.39, 0.29) is 0 Å². The Balaban J connectivity index is 2.11. The van der Waals surface area contributed by atoms with Gasteiger partial charge in [-0.2, -0.15) is 0 Å². The van der Waals surface area contributed by atoms with Crippen LogP contribution in [-0.4, -0.2) is 37.1 Å². The number of unbranched alkanes of at least 4 members (excludes halogenated alkanes) is 1. The fourth-order valence-electron chi connectivity index (χ4n) is 3.42. The van der Waals surface area contributed by atoms with E-state index in [4.69, 9.17) is 4.74 Å². The monoisotopic (exact) mass is 362 g/mol. The number of aromatic nitrogens is 1. The normalized spacial score (nSPS) is 15.0. The van der Waals surface area contributed by atoms with E-state index in [1.54, 1.807) is 0 Å². The zero-order valence-corrected chi connectivity index (χ0v) is 16.2. The summed E-state index contributed by atoms with van der Waals surface area (Å²) in [7, 11) is -3.26. The molecule has 1 aliphatic rings. The molecule has 3 rings (SSSR count). The largest absolute Gasteiger partial charge is 0.493 e. The van der Waals surface area contributed by atoms with Gasteiger partial charge in [-0.1, -0.05) is 19.4 Å². The van der Waals surface area contributed by atoms with Gasteiger partial charge in [0.15, 0.2) is 0 Å². The number of rotatable bonds is 5. The first-order valence-corrected chi connectivity index (χ1v) is 10.6. The van der Waals surface area contributed by atoms with Crippen molar-refractivity contribution in [2.45, 2.75) is 40.0 Å². The van der Waals surface area contributed by atoms with Crippen LogP contribution >= 0.6 is 0 Å². The summed E-state index contributed by atoms with van der Waals surface area (Å²) in [5, 5.41) is 1.09. The fourth-order valence-corrected chi connectivity index (χ4v) is 4.42. The number of ether oxygens (including phenoxy) is 1. The molecule has 2 heterocycles. The predicted octanol–water partition coefficient (Wildman–Crippen LogP) is 3.83. The third kappa shape index (κ3) is 3.40. The number of hydrogen-bond acceptors (Lipinski definition) is 3. The van der Waals surface area contributed by atoms with Gasteiger partial charge >= 0.3 is 0 Å². The Morgan fingerprint density at radius 1 is 1.28 bits per heavy atom. The molecule has 0 atom stereocenters. The van der Waals surface area contributed by atoms with Crippen LogP contribution in [0, 0.1) is 6.92 Å². The number of aromatic amines is 1. The van der Waals surface area contributed by atoms with Crippen LogP contribution in [0.15, 0.2) is 17.8 Å². The number of benzene rings is 1. The molecule has 5 nitrogen and oxygen atoms in total. The van der Waals surface area contributed by atoms with E-state index in [1.165, 1.54) is 10.6 Å². The van der Waals surface area contributed by atoms with Crippen molar-refractivity contribution in [1.29, 1.82) is 0 Å². The number of nitrogens with one attached hydrogen (secondary N) is 1. The van der Waals surface area contributed by atoms with Gasteiger partial charge in [0.05, 0.1) is 18.4 Å². The molecule has 0 bridgehead atoms. The molecular formula is C19H26N2O3S. The molecule has 0 radical (unpaired) electrons. The van der Waals surface area contributed by atoms with Crippen LogP contribution in [-0.2, 0) is 16.4 Å². The topological polar surface area (TPSA) is 62.4 Å². The van der Waals surface area contributed by atoms with Crippen LogP contribution in [0.3, 0.4) is 0 Å². The fraction of sp³-hybridized carbons (Fsp3) is 0.474. The highest BCUT2D eigenvalue weighted by atomic mass is 32.2. The van der Waals surface area contributed by atoms with Crippen molar-refractivity contribution in [3.63, 3.8) is 0 Å². The lowest BCUT2D eigenvalue weighted by Gasteiger charge is -2.21. The Hall–Kier alpha value is -1.95. The lowest BCUT2D eigenvalue weighted by molar-refractivity contribution is 0.313. The molecule has 25 heavy (non-hydrogen) atoms. The number of hydrogen-bond donors (Lipinski definition) is 1. The molecule has 136 valence electrons. The van der Waals surface area contributed by atoms with Gasteiger partial charge in [-0.05, 0) is 50.0 Å². The molecule has 1 aliphatic heterocycles. The van der Waals surface area contributed by atoms with Crippen LogP contribution < -0.4 is 4.74 Å². The Bertz CT molecular complexity index is 926. The molecule has 0 fully saturated rings. The summed E-state index contributed by atoms with van der Waals surface area (Å²) in [6, 6.07) is 4.09. The zero-order chi connectivity index (χ0) is 18.2. The third-order valence-corrected chi connectivity index (χ3v) is 6.00. The molecule has 1 aromatic carbocycles. The quantitative estimate of drug-likeness (QED) is 0.822. The first-order chi connectivity index (χ1) is 11.8. The number of nitrogens with zero attached hydrogens (tertiary/aromatic N) is 1. The van der Waals surface area contributed by atoms with Crippen LogP contribution in [0.25, 0.3) is 17.0 Å². The lowest BCUT2D eigenvalue weighted by Crippen LogP contribution is -2.29. The minimum atomic E-state index is -3.26. The lowest BCUT2D eigenvalue weighted by atomic mass is 10.0. The highest BCUT2D eigenvalue weighted by Crippen LogP contribution is 2.36. The maximum absolute atomic E-state index is 12.0. The summed E-state index contributed by atoms with van der Waals surface area (Å²) in [5.41, 5.74) is 5.09. The maximum atomic E-state index is 12.0. The average Bonchev–Trinajstić information content (AvgIpc) is 2.79. The van der Waals surface area contributed by atoms with Gasteiger partial charge in [0.1, 0.15) is 5.75 Å². The molecule has 0 spiro atoms. The first-order valence-electron chi connectivity index (χ1n) is 8.76. The number of allylic oxidation sites excluding steroid dienone is 1. The minimum Gasteiger partial charge on any atom is -0.493 e. The van der Waals surface area contributed by atoms with E-state index in [0.29, 0.717) is 19.6 Å². The van der Waals surface area contributed by atoms with Crippen LogP contribution in [0.5, 0.6) is 5.75 Å². The molecule has 1 aromatic heterocycles. The molecule has 0 unspecified atom stereocenters. The molecule has 0 saturated heterocycles. The highest BCUT2D eigenvalue weighted by Gasteiger charge is 2.24. The average molecular weight is 362 g/mol. The Morgan fingerprint density at radius 3 is 2.72 bits per heavy atom. The van der Waals surface area contributed by atoms with Crippen molar-refractivity contribution in [2.24, 2.45) is 0 Å². The van der Waals surface area contributed by atoms with Gasteiger partial charge < -0.3 is 9.72 Å². The molecule has 2 aromatic rings. The van der Waals surface area contributed by atoms with Gasteiger partial charge in [0.25, 0.3) is 0 Å². The molecule has 6 heteroatoms. The smallest absolute Gasteiger partial charge is 0.231 e. The van der Waals surface area contributed by atoms with Gasteiger partial charge in [-0.3, -0.25) is 4.31 Å². The van der Waals surface area contributed by atoms with E-state index >= 15 is 0 Å². The SMILES string of the molecule is CCCCOc1ccc(C)c2[nH]c3c(c12)CCN(S(C)(=O)=O)C(C)=C3. The second-order valence-corrected chi connectivity index (χ2v) is 8.63. The van der Waals surface area contributed by atoms with Gasteiger partial charge in [0.2, 0.25) is 10.0 Å². The van der Waals surface area contributed by atoms with Crippen molar-refractivity contribution >= 4 is 27.0 Å². The van der Waals surface area contributed by atoms with Crippen molar-refractivity contribution < 1.29 is 13.2 Å². The zero-order valence-electron chi connectivity index (χ0n) is 15.3. The summed E-state index contributed by atoms with van der Waals surface area (Å²) in [4.78, 5) is 3.48. The van der Waals surface area contributed by atoms with E-state index in [2.05, 4.69) is 24.9 Å². The van der Waals surface area contributed by atoms with Crippen LogP contribution in [0.1, 0.15) is 43.5 Å². The van der Waals surface area contributed by atoms with Crippen LogP contribution in [0.2, 0.25) is 0 Å². The van der Waals surface area contributed by atoms with Gasteiger partial charge in [-0.15, -0.1) is 0 Å². The molecule has 1 N–H and O–H groups in total. The number of H-pyrrole nitrogens is 1. The minimum absolute atomic E-state index is 0.448. The summed E-state index contributed by atoms with van der Waals surface area (Å²) in [5.74, 6) is 0.880.